The minimum atomic E-state index is -0.244. The third-order valence-electron chi connectivity index (χ3n) is 3.25. The van der Waals surface area contributed by atoms with Crippen LogP contribution in [0.4, 0.5) is 0 Å². The molecule has 5 heteroatoms. The van der Waals surface area contributed by atoms with E-state index in [0.717, 1.165) is 22.5 Å². The standard InChI is InChI=1S/C16H11Cl2N3/c1-10(17)16-20-14-7-4-12(18)8-15(14)21(16)13-5-2-11(9-19)3-6-13/h2-8,10H,1H3. The van der Waals surface area contributed by atoms with Gasteiger partial charge >= 0.3 is 0 Å². The molecule has 0 saturated heterocycles. The zero-order chi connectivity index (χ0) is 15.0. The molecule has 1 aromatic heterocycles. The van der Waals surface area contributed by atoms with Crippen molar-refractivity contribution >= 4 is 34.2 Å². The molecule has 3 aromatic rings. The van der Waals surface area contributed by atoms with E-state index in [2.05, 4.69) is 11.1 Å². The number of nitrogens with zero attached hydrogens (tertiary/aromatic N) is 3. The minimum Gasteiger partial charge on any atom is -0.295 e. The number of aromatic nitrogens is 2. The smallest absolute Gasteiger partial charge is 0.132 e. The van der Waals surface area contributed by atoms with Gasteiger partial charge in [-0.05, 0) is 49.4 Å². The van der Waals surface area contributed by atoms with Gasteiger partial charge in [0.25, 0.3) is 0 Å². The number of halogens is 2. The highest BCUT2D eigenvalue weighted by molar-refractivity contribution is 6.31. The van der Waals surface area contributed by atoms with Gasteiger partial charge in [0.1, 0.15) is 5.82 Å². The van der Waals surface area contributed by atoms with Gasteiger partial charge in [0, 0.05) is 10.7 Å². The molecule has 1 unspecified atom stereocenters. The first kappa shape index (κ1) is 13.9. The number of fused-ring (bicyclic) bond motifs is 1. The molecule has 0 saturated carbocycles. The second kappa shape index (κ2) is 5.40. The lowest BCUT2D eigenvalue weighted by Crippen LogP contribution is -2.01. The van der Waals surface area contributed by atoms with E-state index in [1.165, 1.54) is 0 Å². The zero-order valence-electron chi connectivity index (χ0n) is 11.2. The van der Waals surface area contributed by atoms with Crippen molar-refractivity contribution in [3.63, 3.8) is 0 Å². The predicted molar refractivity (Wildman–Crippen MR) is 85.1 cm³/mol. The number of imidazole rings is 1. The summed E-state index contributed by atoms with van der Waals surface area (Å²) in [6.45, 7) is 1.88. The van der Waals surface area contributed by atoms with Crippen LogP contribution in [0.5, 0.6) is 0 Å². The van der Waals surface area contributed by atoms with Crippen molar-refractivity contribution in [3.8, 4) is 11.8 Å². The summed E-state index contributed by atoms with van der Waals surface area (Å²) in [6.07, 6.45) is 0. The molecular formula is C16H11Cl2N3. The van der Waals surface area contributed by atoms with E-state index >= 15 is 0 Å². The van der Waals surface area contributed by atoms with E-state index in [4.69, 9.17) is 28.5 Å². The Balaban J connectivity index is 2.30. The van der Waals surface area contributed by atoms with Crippen molar-refractivity contribution in [2.75, 3.05) is 0 Å². The maximum absolute atomic E-state index is 8.90. The third kappa shape index (κ3) is 2.49. The first-order valence-electron chi connectivity index (χ1n) is 6.42. The molecule has 0 spiro atoms. The second-order valence-corrected chi connectivity index (χ2v) is 5.80. The van der Waals surface area contributed by atoms with Gasteiger partial charge in [-0.25, -0.2) is 4.98 Å². The van der Waals surface area contributed by atoms with Crippen LogP contribution in [-0.2, 0) is 0 Å². The first-order valence-corrected chi connectivity index (χ1v) is 7.24. The van der Waals surface area contributed by atoms with Crippen LogP contribution in [0.3, 0.4) is 0 Å². The Morgan fingerprint density at radius 2 is 1.90 bits per heavy atom. The van der Waals surface area contributed by atoms with Crippen LogP contribution in [0.25, 0.3) is 16.7 Å². The number of rotatable bonds is 2. The Labute approximate surface area is 132 Å². The van der Waals surface area contributed by atoms with Crippen LogP contribution in [0.2, 0.25) is 5.02 Å². The molecule has 104 valence electrons. The number of hydrogen-bond donors (Lipinski definition) is 0. The summed E-state index contributed by atoms with van der Waals surface area (Å²) >= 11 is 12.4. The quantitative estimate of drug-likeness (QED) is 0.634. The fourth-order valence-corrected chi connectivity index (χ4v) is 2.60. The molecule has 1 atom stereocenters. The van der Waals surface area contributed by atoms with E-state index < -0.39 is 0 Å². The van der Waals surface area contributed by atoms with Gasteiger partial charge < -0.3 is 0 Å². The molecule has 0 radical (unpaired) electrons. The molecule has 3 nitrogen and oxygen atoms in total. The van der Waals surface area contributed by atoms with Crippen LogP contribution in [0, 0.1) is 11.3 Å². The number of benzene rings is 2. The summed E-state index contributed by atoms with van der Waals surface area (Å²) in [5, 5.41) is 9.30. The van der Waals surface area contributed by atoms with Gasteiger partial charge in [-0.15, -0.1) is 11.6 Å². The van der Waals surface area contributed by atoms with Crippen LogP contribution in [0.1, 0.15) is 23.7 Å². The molecule has 0 aliphatic heterocycles. The van der Waals surface area contributed by atoms with E-state index in [9.17, 15) is 0 Å². The Morgan fingerprint density at radius 1 is 1.19 bits per heavy atom. The van der Waals surface area contributed by atoms with Gasteiger partial charge in [-0.1, -0.05) is 11.6 Å². The fourth-order valence-electron chi connectivity index (χ4n) is 2.29. The van der Waals surface area contributed by atoms with Gasteiger partial charge in [0.05, 0.1) is 28.0 Å². The molecule has 21 heavy (non-hydrogen) atoms. The Kier molecular flexibility index (Phi) is 3.59. The molecule has 0 aliphatic carbocycles. The van der Waals surface area contributed by atoms with E-state index in [-0.39, 0.29) is 5.38 Å². The lowest BCUT2D eigenvalue weighted by Gasteiger charge is -2.10. The SMILES string of the molecule is CC(Cl)c1nc2ccc(Cl)cc2n1-c1ccc(C#N)cc1. The number of alkyl halides is 1. The average Bonchev–Trinajstić information content (AvgIpc) is 2.86. The third-order valence-corrected chi connectivity index (χ3v) is 3.68. The minimum absolute atomic E-state index is 0.244. The molecule has 0 bridgehead atoms. The van der Waals surface area contributed by atoms with Crippen molar-refractivity contribution in [1.82, 2.24) is 9.55 Å². The van der Waals surface area contributed by atoms with Crippen molar-refractivity contribution in [3.05, 3.63) is 58.9 Å². The Hall–Kier alpha value is -2.02. The summed E-state index contributed by atoms with van der Waals surface area (Å²) in [6, 6.07) is 15.0. The normalized spacial score (nSPS) is 12.3. The first-order chi connectivity index (χ1) is 10.1. The van der Waals surface area contributed by atoms with E-state index in [1.807, 2.05) is 41.8 Å². The highest BCUT2D eigenvalue weighted by atomic mass is 35.5. The van der Waals surface area contributed by atoms with E-state index in [0.29, 0.717) is 10.6 Å². The Bertz CT molecular complexity index is 842. The van der Waals surface area contributed by atoms with Crippen LogP contribution >= 0.6 is 23.2 Å². The molecule has 2 aromatic carbocycles. The summed E-state index contributed by atoms with van der Waals surface area (Å²) in [4.78, 5) is 4.58. The highest BCUT2D eigenvalue weighted by Gasteiger charge is 2.16. The molecule has 0 N–H and O–H groups in total. The zero-order valence-corrected chi connectivity index (χ0v) is 12.7. The largest absolute Gasteiger partial charge is 0.295 e. The molecule has 0 aliphatic rings. The summed E-state index contributed by atoms with van der Waals surface area (Å²) < 4.78 is 1.97. The highest BCUT2D eigenvalue weighted by Crippen LogP contribution is 2.29. The van der Waals surface area contributed by atoms with Crippen LogP contribution in [0.15, 0.2) is 42.5 Å². The molecule has 0 amide bonds. The maximum atomic E-state index is 8.90. The molecule has 1 heterocycles. The molecule has 3 rings (SSSR count). The number of hydrogen-bond acceptors (Lipinski definition) is 2. The summed E-state index contributed by atoms with van der Waals surface area (Å²) in [7, 11) is 0. The summed E-state index contributed by atoms with van der Waals surface area (Å²) in [5.74, 6) is 0.749. The molecule has 0 fully saturated rings. The summed E-state index contributed by atoms with van der Waals surface area (Å²) in [5.41, 5.74) is 3.25. The lowest BCUT2D eigenvalue weighted by atomic mass is 10.2. The van der Waals surface area contributed by atoms with Crippen molar-refractivity contribution in [2.45, 2.75) is 12.3 Å². The van der Waals surface area contributed by atoms with Crippen molar-refractivity contribution in [1.29, 1.82) is 5.26 Å². The van der Waals surface area contributed by atoms with E-state index in [1.54, 1.807) is 12.1 Å². The molecular weight excluding hydrogens is 305 g/mol. The lowest BCUT2D eigenvalue weighted by molar-refractivity contribution is 0.882. The number of nitriles is 1. The maximum Gasteiger partial charge on any atom is 0.132 e. The van der Waals surface area contributed by atoms with Crippen LogP contribution in [-0.4, -0.2) is 9.55 Å². The van der Waals surface area contributed by atoms with Gasteiger partial charge in [0.2, 0.25) is 0 Å². The fraction of sp³-hybridized carbons (Fsp3) is 0.125. The van der Waals surface area contributed by atoms with Gasteiger partial charge in [-0.3, -0.25) is 4.57 Å². The van der Waals surface area contributed by atoms with Gasteiger partial charge in [0.15, 0.2) is 0 Å². The monoisotopic (exact) mass is 315 g/mol. The second-order valence-electron chi connectivity index (χ2n) is 4.71. The topological polar surface area (TPSA) is 41.6 Å². The average molecular weight is 316 g/mol. The van der Waals surface area contributed by atoms with Gasteiger partial charge in [-0.2, -0.15) is 5.26 Å². The van der Waals surface area contributed by atoms with Crippen LogP contribution < -0.4 is 0 Å². The van der Waals surface area contributed by atoms with Crippen molar-refractivity contribution in [2.24, 2.45) is 0 Å². The Morgan fingerprint density at radius 3 is 2.52 bits per heavy atom. The predicted octanol–water partition coefficient (Wildman–Crippen LogP) is 4.85. The van der Waals surface area contributed by atoms with Crippen molar-refractivity contribution < 1.29 is 0 Å².